The molecule has 1 aromatic rings. The first-order valence-corrected chi connectivity index (χ1v) is 7.34. The highest BCUT2D eigenvalue weighted by Crippen LogP contribution is 2.18. The maximum Gasteiger partial charge on any atom is 0.407 e. The largest absolute Gasteiger partial charge is 0.497 e. The van der Waals surface area contributed by atoms with Crippen molar-refractivity contribution in [3.8, 4) is 5.75 Å². The van der Waals surface area contributed by atoms with Gasteiger partial charge in [-0.05, 0) is 44.9 Å². The van der Waals surface area contributed by atoms with E-state index in [2.05, 4.69) is 5.32 Å². The van der Waals surface area contributed by atoms with Crippen LogP contribution in [0.25, 0.3) is 6.08 Å². The number of hydrogen-bond acceptors (Lipinski definition) is 4. The molecule has 0 saturated carbocycles. The van der Waals surface area contributed by atoms with Crippen molar-refractivity contribution >= 4 is 18.1 Å². The highest BCUT2D eigenvalue weighted by Gasteiger charge is 2.15. The van der Waals surface area contributed by atoms with Crippen molar-refractivity contribution in [2.75, 3.05) is 13.7 Å². The number of primary amides is 1. The van der Waals surface area contributed by atoms with Crippen LogP contribution in [0.4, 0.5) is 4.79 Å². The normalized spacial score (nSPS) is 11.3. The third-order valence-electron chi connectivity index (χ3n) is 2.80. The summed E-state index contributed by atoms with van der Waals surface area (Å²) in [4.78, 5) is 22.9. The van der Waals surface area contributed by atoms with E-state index in [0.717, 1.165) is 0 Å². The highest BCUT2D eigenvalue weighted by atomic mass is 16.6. The number of benzene rings is 1. The quantitative estimate of drug-likeness (QED) is 0.788. The number of rotatable bonds is 6. The molecule has 1 rings (SSSR count). The third-order valence-corrected chi connectivity index (χ3v) is 2.80. The Balaban J connectivity index is 2.55. The fourth-order valence-corrected chi connectivity index (χ4v) is 1.80. The van der Waals surface area contributed by atoms with Crippen molar-refractivity contribution in [3.63, 3.8) is 0 Å². The molecule has 0 atom stereocenters. The standard InChI is InChI=1S/C17H24N2O4/c1-17(2,3)23-16(21)19-10-6-5-7-12-8-9-13(22-4)11-14(12)15(18)20/h5,7-9,11H,6,10H2,1-4H3,(H2,18,20)(H,19,21). The van der Waals surface area contributed by atoms with Crippen molar-refractivity contribution in [1.29, 1.82) is 0 Å². The maximum atomic E-state index is 11.5. The smallest absolute Gasteiger partial charge is 0.407 e. The Morgan fingerprint density at radius 2 is 2.00 bits per heavy atom. The number of nitrogens with two attached hydrogens (primary N) is 1. The van der Waals surface area contributed by atoms with Crippen molar-refractivity contribution in [2.45, 2.75) is 32.8 Å². The Kier molecular flexibility index (Phi) is 6.63. The van der Waals surface area contributed by atoms with Crippen LogP contribution in [-0.4, -0.2) is 31.3 Å². The van der Waals surface area contributed by atoms with Gasteiger partial charge in [-0.15, -0.1) is 0 Å². The molecule has 6 heteroatoms. The van der Waals surface area contributed by atoms with Crippen molar-refractivity contribution in [3.05, 3.63) is 35.4 Å². The number of carbonyl (C=O) groups is 2. The summed E-state index contributed by atoms with van der Waals surface area (Å²) in [6, 6.07) is 5.11. The molecule has 0 saturated heterocycles. The van der Waals surface area contributed by atoms with Crippen LogP contribution in [-0.2, 0) is 4.74 Å². The van der Waals surface area contributed by atoms with E-state index in [1.54, 1.807) is 24.3 Å². The van der Waals surface area contributed by atoms with Gasteiger partial charge in [-0.2, -0.15) is 0 Å². The topological polar surface area (TPSA) is 90.7 Å². The van der Waals surface area contributed by atoms with Crippen molar-refractivity contribution in [1.82, 2.24) is 5.32 Å². The van der Waals surface area contributed by atoms with Crippen molar-refractivity contribution < 1.29 is 19.1 Å². The zero-order valence-corrected chi connectivity index (χ0v) is 14.0. The number of hydrogen-bond donors (Lipinski definition) is 2. The monoisotopic (exact) mass is 320 g/mol. The Bertz CT molecular complexity index is 589. The Hall–Kier alpha value is -2.50. The molecular formula is C17H24N2O4. The Morgan fingerprint density at radius 3 is 2.57 bits per heavy atom. The van der Waals surface area contributed by atoms with E-state index >= 15 is 0 Å². The van der Waals surface area contributed by atoms with Gasteiger partial charge in [0.1, 0.15) is 11.4 Å². The van der Waals surface area contributed by atoms with E-state index in [-0.39, 0.29) is 0 Å². The van der Waals surface area contributed by atoms with E-state index in [1.165, 1.54) is 7.11 Å². The van der Waals surface area contributed by atoms with E-state index in [1.807, 2.05) is 26.8 Å². The second-order valence-electron chi connectivity index (χ2n) is 5.94. The number of carbonyl (C=O) groups excluding carboxylic acids is 2. The van der Waals surface area contributed by atoms with Gasteiger partial charge in [0.25, 0.3) is 0 Å². The lowest BCUT2D eigenvalue weighted by Crippen LogP contribution is -2.32. The van der Waals surface area contributed by atoms with Gasteiger partial charge in [-0.1, -0.05) is 18.2 Å². The fourth-order valence-electron chi connectivity index (χ4n) is 1.80. The number of nitrogens with one attached hydrogen (secondary N) is 1. The first-order valence-electron chi connectivity index (χ1n) is 7.34. The van der Waals surface area contributed by atoms with Gasteiger partial charge in [0.15, 0.2) is 0 Å². The zero-order chi connectivity index (χ0) is 17.5. The third kappa shape index (κ3) is 6.86. The number of methoxy groups -OCH3 is 1. The maximum absolute atomic E-state index is 11.5. The van der Waals surface area contributed by atoms with Gasteiger partial charge in [-0.3, -0.25) is 4.79 Å². The van der Waals surface area contributed by atoms with Gasteiger partial charge in [0.05, 0.1) is 7.11 Å². The average Bonchev–Trinajstić information content (AvgIpc) is 2.45. The number of ether oxygens (including phenoxy) is 2. The molecule has 0 radical (unpaired) electrons. The summed E-state index contributed by atoms with van der Waals surface area (Å²) >= 11 is 0. The van der Waals surface area contributed by atoms with Gasteiger partial charge in [0, 0.05) is 12.1 Å². The predicted molar refractivity (Wildman–Crippen MR) is 89.4 cm³/mol. The van der Waals surface area contributed by atoms with Crippen LogP contribution >= 0.6 is 0 Å². The van der Waals surface area contributed by atoms with Gasteiger partial charge < -0.3 is 20.5 Å². The second-order valence-corrected chi connectivity index (χ2v) is 5.94. The molecule has 0 aliphatic rings. The average molecular weight is 320 g/mol. The minimum atomic E-state index is -0.518. The molecule has 0 aliphatic carbocycles. The van der Waals surface area contributed by atoms with E-state index in [9.17, 15) is 9.59 Å². The molecule has 0 unspecified atom stereocenters. The molecule has 0 fully saturated rings. The minimum absolute atomic E-state index is 0.390. The summed E-state index contributed by atoms with van der Waals surface area (Å²) in [7, 11) is 1.53. The molecule has 1 aromatic carbocycles. The van der Waals surface area contributed by atoms with Gasteiger partial charge in [0.2, 0.25) is 5.91 Å². The number of amides is 2. The molecule has 0 heterocycles. The summed E-state index contributed by atoms with van der Waals surface area (Å²) < 4.78 is 10.2. The SMILES string of the molecule is COc1ccc(C=CCCNC(=O)OC(C)(C)C)c(C(N)=O)c1. The Morgan fingerprint density at radius 1 is 1.30 bits per heavy atom. The molecule has 0 aromatic heterocycles. The lowest BCUT2D eigenvalue weighted by atomic mass is 10.1. The van der Waals surface area contributed by atoms with Crippen LogP contribution in [0.5, 0.6) is 5.75 Å². The first kappa shape index (κ1) is 18.5. The molecule has 6 nitrogen and oxygen atoms in total. The minimum Gasteiger partial charge on any atom is -0.497 e. The van der Waals surface area contributed by atoms with E-state index < -0.39 is 17.6 Å². The molecule has 126 valence electrons. The van der Waals surface area contributed by atoms with Crippen LogP contribution in [0, 0.1) is 0 Å². The first-order chi connectivity index (χ1) is 10.7. The molecule has 3 N–H and O–H groups in total. The predicted octanol–water partition coefficient (Wildman–Crippen LogP) is 2.72. The van der Waals surface area contributed by atoms with Crippen LogP contribution in [0.3, 0.4) is 0 Å². The lowest BCUT2D eigenvalue weighted by Gasteiger charge is -2.19. The molecule has 23 heavy (non-hydrogen) atoms. The second kappa shape index (κ2) is 8.22. The molecule has 2 amide bonds. The number of alkyl carbamates (subject to hydrolysis) is 1. The van der Waals surface area contributed by atoms with Gasteiger partial charge >= 0.3 is 6.09 Å². The fraction of sp³-hybridized carbons (Fsp3) is 0.412. The van der Waals surface area contributed by atoms with E-state index in [4.69, 9.17) is 15.2 Å². The van der Waals surface area contributed by atoms with Gasteiger partial charge in [-0.25, -0.2) is 4.79 Å². The summed E-state index contributed by atoms with van der Waals surface area (Å²) in [5.74, 6) is 0.0537. The molecule has 0 aliphatic heterocycles. The highest BCUT2D eigenvalue weighted by molar-refractivity contribution is 5.97. The van der Waals surface area contributed by atoms with Crippen LogP contribution in [0.1, 0.15) is 43.1 Å². The lowest BCUT2D eigenvalue weighted by molar-refractivity contribution is 0.0528. The summed E-state index contributed by atoms with van der Waals surface area (Å²) in [6.07, 6.45) is 3.79. The van der Waals surface area contributed by atoms with Crippen molar-refractivity contribution in [2.24, 2.45) is 5.73 Å². The van der Waals surface area contributed by atoms with E-state index in [0.29, 0.717) is 29.8 Å². The summed E-state index contributed by atoms with van der Waals surface area (Å²) in [6.45, 7) is 5.86. The zero-order valence-electron chi connectivity index (χ0n) is 14.0. The van der Waals surface area contributed by atoms with Crippen LogP contribution in [0.2, 0.25) is 0 Å². The van der Waals surface area contributed by atoms with Crippen LogP contribution in [0.15, 0.2) is 24.3 Å². The Labute approximate surface area is 136 Å². The van der Waals surface area contributed by atoms with Crippen LogP contribution < -0.4 is 15.8 Å². The molecule has 0 spiro atoms. The molecular weight excluding hydrogens is 296 g/mol. The molecule has 0 bridgehead atoms. The summed E-state index contributed by atoms with van der Waals surface area (Å²) in [5, 5.41) is 2.66. The summed E-state index contributed by atoms with van der Waals surface area (Å²) in [5.41, 5.74) is 5.94.